The number of aliphatic hydroxyl groups excluding tert-OH is 3. The molecule has 3 fully saturated rings. The van der Waals surface area contributed by atoms with Crippen LogP contribution in [-0.2, 0) is 23.9 Å². The Morgan fingerprint density at radius 2 is 1.79 bits per heavy atom. The molecule has 0 aromatic heterocycles. The van der Waals surface area contributed by atoms with Gasteiger partial charge in [0.2, 0.25) is 11.5 Å². The van der Waals surface area contributed by atoms with Gasteiger partial charge >= 0.3 is 18.0 Å². The third kappa shape index (κ3) is 5.47. The molecule has 0 bridgehead atoms. The van der Waals surface area contributed by atoms with Gasteiger partial charge in [-0.05, 0) is 33.6 Å². The molecule has 0 aromatic carbocycles. The molecule has 9 atom stereocenters. The van der Waals surface area contributed by atoms with E-state index in [0.29, 0.717) is 12.8 Å². The normalized spacial score (nSPS) is 38.5. The zero-order valence-corrected chi connectivity index (χ0v) is 25.7. The highest BCUT2D eigenvalue weighted by Crippen LogP contribution is 2.59. The summed E-state index contributed by atoms with van der Waals surface area (Å²) in [5, 5.41) is 62.2. The third-order valence-corrected chi connectivity index (χ3v) is 11.5. The average Bonchev–Trinajstić information content (AvgIpc) is 3.45. The number of amides is 3. The summed E-state index contributed by atoms with van der Waals surface area (Å²) in [4.78, 5) is 49.6. The highest BCUT2D eigenvalue weighted by molar-refractivity contribution is 8.00. The SMILES string of the molecule is CC(=O)N[C@@]1(C)C(C)(C(O)C(O)CO)O[C@@](COC(=O)CCCCC2SC[C@@H]3NC(=O)N[C@H]23)(C(=O)O)C(C)(C)[C@@]1(C)O. The topological polar surface area (TPSA) is 224 Å². The van der Waals surface area contributed by atoms with E-state index in [2.05, 4.69) is 16.0 Å². The number of ether oxygens (including phenoxy) is 2. The van der Waals surface area contributed by atoms with Gasteiger partial charge in [0.25, 0.3) is 0 Å². The molecule has 3 saturated heterocycles. The quantitative estimate of drug-likeness (QED) is 0.0768. The van der Waals surface area contributed by atoms with Gasteiger partial charge in [-0.3, -0.25) is 9.59 Å². The molecular weight excluding hydrogens is 574 g/mol. The van der Waals surface area contributed by atoms with Crippen LogP contribution in [0.25, 0.3) is 0 Å². The summed E-state index contributed by atoms with van der Waals surface area (Å²) in [5.74, 6) is -2.13. The van der Waals surface area contributed by atoms with Crippen LogP contribution in [0.5, 0.6) is 0 Å². The number of carboxylic acids is 1. The predicted molar refractivity (Wildman–Crippen MR) is 150 cm³/mol. The third-order valence-electron chi connectivity index (χ3n) is 9.96. The van der Waals surface area contributed by atoms with Gasteiger partial charge in [0, 0.05) is 29.8 Å². The van der Waals surface area contributed by atoms with Crippen LogP contribution in [0, 0.1) is 5.41 Å². The number of thioether (sulfide) groups is 1. The summed E-state index contributed by atoms with van der Waals surface area (Å²) in [6.07, 6.45) is -1.96. The maximum absolute atomic E-state index is 13.0. The Labute approximate surface area is 249 Å². The fraction of sp³-hybridized carbons (Fsp3) is 0.852. The number of aliphatic carboxylic acids is 1. The number of hydrogen-bond acceptors (Lipinski definition) is 11. The average molecular weight is 620 g/mol. The second kappa shape index (κ2) is 12.1. The number of urea groups is 1. The second-order valence-electron chi connectivity index (χ2n) is 12.6. The molecule has 42 heavy (non-hydrogen) atoms. The van der Waals surface area contributed by atoms with Gasteiger partial charge in [-0.1, -0.05) is 20.3 Å². The van der Waals surface area contributed by atoms with E-state index in [1.165, 1.54) is 34.6 Å². The molecule has 0 saturated carbocycles. The van der Waals surface area contributed by atoms with Crippen molar-refractivity contribution in [2.45, 2.75) is 119 Å². The van der Waals surface area contributed by atoms with Gasteiger partial charge in [0.15, 0.2) is 0 Å². The van der Waals surface area contributed by atoms with Crippen molar-refractivity contribution in [2.24, 2.45) is 5.41 Å². The van der Waals surface area contributed by atoms with Crippen molar-refractivity contribution < 1.29 is 54.2 Å². The minimum absolute atomic E-state index is 0.0185. The van der Waals surface area contributed by atoms with Crippen molar-refractivity contribution in [1.29, 1.82) is 0 Å². The number of rotatable bonds is 12. The number of unbranched alkanes of at least 4 members (excludes halogenated alkanes) is 1. The molecule has 3 aliphatic rings. The Kier molecular flexibility index (Phi) is 9.87. The first kappa shape index (κ1) is 34.3. The van der Waals surface area contributed by atoms with Gasteiger partial charge < -0.3 is 51.0 Å². The van der Waals surface area contributed by atoms with E-state index in [9.17, 15) is 44.7 Å². The largest absolute Gasteiger partial charge is 0.479 e. The lowest BCUT2D eigenvalue weighted by molar-refractivity contribution is -0.364. The Morgan fingerprint density at radius 3 is 2.36 bits per heavy atom. The summed E-state index contributed by atoms with van der Waals surface area (Å²) in [5.41, 5.74) is -10.5. The first-order valence-electron chi connectivity index (χ1n) is 14.1. The van der Waals surface area contributed by atoms with Gasteiger partial charge in [0.1, 0.15) is 24.4 Å². The van der Waals surface area contributed by atoms with Crippen molar-refractivity contribution >= 4 is 35.6 Å². The fourth-order valence-electron chi connectivity index (χ4n) is 6.61. The van der Waals surface area contributed by atoms with Crippen LogP contribution in [0.2, 0.25) is 0 Å². The number of carbonyl (C=O) groups is 4. The van der Waals surface area contributed by atoms with E-state index in [1.807, 2.05) is 0 Å². The lowest BCUT2D eigenvalue weighted by Crippen LogP contribution is -2.89. The summed E-state index contributed by atoms with van der Waals surface area (Å²) in [7, 11) is 0. The summed E-state index contributed by atoms with van der Waals surface area (Å²) < 4.78 is 11.6. The van der Waals surface area contributed by atoms with E-state index in [0.717, 1.165) is 19.1 Å². The molecule has 0 aliphatic carbocycles. The molecule has 4 unspecified atom stereocenters. The minimum Gasteiger partial charge on any atom is -0.479 e. The molecule has 14 nitrogen and oxygen atoms in total. The molecule has 15 heteroatoms. The highest BCUT2D eigenvalue weighted by atomic mass is 32.2. The van der Waals surface area contributed by atoms with Crippen molar-refractivity contribution in [1.82, 2.24) is 16.0 Å². The Bertz CT molecular complexity index is 1070. The number of hydrogen-bond donors (Lipinski definition) is 8. The molecule has 0 radical (unpaired) electrons. The number of fused-ring (bicyclic) bond motifs is 1. The predicted octanol–water partition coefficient (Wildman–Crippen LogP) is -0.746. The van der Waals surface area contributed by atoms with Crippen LogP contribution in [0.4, 0.5) is 4.79 Å². The van der Waals surface area contributed by atoms with E-state index < -0.39 is 71.0 Å². The number of carboxylic acid groups (broad SMARTS) is 1. The van der Waals surface area contributed by atoms with Crippen molar-refractivity contribution in [3.63, 3.8) is 0 Å². The van der Waals surface area contributed by atoms with Crippen molar-refractivity contribution in [3.8, 4) is 0 Å². The van der Waals surface area contributed by atoms with E-state index >= 15 is 0 Å². The molecule has 3 aliphatic heterocycles. The molecule has 0 spiro atoms. The first-order valence-corrected chi connectivity index (χ1v) is 15.1. The van der Waals surface area contributed by atoms with Gasteiger partial charge in [-0.15, -0.1) is 0 Å². The second-order valence-corrected chi connectivity index (χ2v) is 13.8. The van der Waals surface area contributed by atoms with E-state index in [-0.39, 0.29) is 29.8 Å². The van der Waals surface area contributed by atoms with Crippen LogP contribution in [-0.4, -0.2) is 120 Å². The Morgan fingerprint density at radius 1 is 1.14 bits per heavy atom. The highest BCUT2D eigenvalue weighted by Gasteiger charge is 2.78. The first-order chi connectivity index (χ1) is 19.3. The number of aliphatic hydroxyl groups is 4. The van der Waals surface area contributed by atoms with Crippen LogP contribution in [0.3, 0.4) is 0 Å². The van der Waals surface area contributed by atoms with E-state index in [4.69, 9.17) is 9.47 Å². The zero-order valence-electron chi connectivity index (χ0n) is 24.9. The molecule has 8 N–H and O–H groups in total. The minimum atomic E-state index is -2.46. The number of esters is 1. The van der Waals surface area contributed by atoms with E-state index in [1.54, 1.807) is 11.8 Å². The number of nitrogens with one attached hydrogen (secondary N) is 3. The lowest BCUT2D eigenvalue weighted by atomic mass is 9.50. The van der Waals surface area contributed by atoms with Gasteiger partial charge in [-0.25, -0.2) is 9.59 Å². The lowest BCUT2D eigenvalue weighted by Gasteiger charge is -2.69. The van der Waals surface area contributed by atoms with Crippen molar-refractivity contribution in [3.05, 3.63) is 0 Å². The standard InChI is InChI=1S/C27H45N3O11S/c1-14(32)30-25(5)24(4,20(35)16(33)11-31)41-27(21(36)37,23(2,3)26(25,6)39)13-40-18(34)10-8-7-9-17-19-15(12-42-17)28-22(38)29-19/h15-17,19-20,31,33,35,39H,7-13H2,1-6H3,(H,30,32)(H,36,37)(H2,28,29,38)/t15-,16?,17?,19-,20?,24?,25-,26+,27-/m0/s1. The summed E-state index contributed by atoms with van der Waals surface area (Å²) in [6.45, 7) is 5.98. The van der Waals surface area contributed by atoms with Crippen LogP contribution in [0.15, 0.2) is 0 Å². The molecular formula is C27H45N3O11S. The van der Waals surface area contributed by atoms with Crippen LogP contribution < -0.4 is 16.0 Å². The van der Waals surface area contributed by atoms with Crippen molar-refractivity contribution in [2.75, 3.05) is 19.0 Å². The molecule has 3 amide bonds. The molecule has 0 aromatic rings. The summed E-state index contributed by atoms with van der Waals surface area (Å²) in [6, 6.07) is -0.0404. The smallest absolute Gasteiger partial charge is 0.340 e. The maximum atomic E-state index is 13.0. The van der Waals surface area contributed by atoms with Crippen LogP contribution >= 0.6 is 11.8 Å². The van der Waals surface area contributed by atoms with Gasteiger partial charge in [0.05, 0.1) is 29.8 Å². The maximum Gasteiger partial charge on any atom is 0.340 e. The zero-order chi connectivity index (χ0) is 31.9. The molecule has 240 valence electrons. The molecule has 3 rings (SSSR count). The fourth-order valence-corrected chi connectivity index (χ4v) is 8.15. The van der Waals surface area contributed by atoms with Gasteiger partial charge in [-0.2, -0.15) is 11.8 Å². The van der Waals surface area contributed by atoms with Crippen LogP contribution in [0.1, 0.15) is 67.2 Å². The number of carbonyl (C=O) groups excluding carboxylic acids is 3. The summed E-state index contributed by atoms with van der Waals surface area (Å²) >= 11 is 1.76. The Hall–Kier alpha value is -2.17. The monoisotopic (exact) mass is 619 g/mol. The molecule has 3 heterocycles. The Balaban J connectivity index is 1.79.